The van der Waals surface area contributed by atoms with Crippen LogP contribution in [0.3, 0.4) is 0 Å². The zero-order valence-electron chi connectivity index (χ0n) is 8.61. The van der Waals surface area contributed by atoms with Crippen LogP contribution >= 0.6 is 21.6 Å². The van der Waals surface area contributed by atoms with Gasteiger partial charge in [0.2, 0.25) is 0 Å². The lowest BCUT2D eigenvalue weighted by Crippen LogP contribution is -2.08. The summed E-state index contributed by atoms with van der Waals surface area (Å²) in [6.45, 7) is 4.15. The fourth-order valence-electron chi connectivity index (χ4n) is 0.756. The highest BCUT2D eigenvalue weighted by Gasteiger charge is 2.14. The van der Waals surface area contributed by atoms with Crippen molar-refractivity contribution in [2.45, 2.75) is 36.7 Å². The van der Waals surface area contributed by atoms with Gasteiger partial charge < -0.3 is 4.74 Å². The maximum Gasteiger partial charge on any atom is 0.112 e. The van der Waals surface area contributed by atoms with Gasteiger partial charge >= 0.3 is 0 Å². The molecule has 0 aliphatic rings. The van der Waals surface area contributed by atoms with E-state index in [1.165, 1.54) is 0 Å². The smallest absolute Gasteiger partial charge is 0.112 e. The van der Waals surface area contributed by atoms with E-state index in [2.05, 4.69) is 13.8 Å². The Hall–Kier alpha value is 0.810. The van der Waals surface area contributed by atoms with Gasteiger partial charge in [-0.25, -0.2) is 0 Å². The van der Waals surface area contributed by atoms with Crippen LogP contribution in [-0.4, -0.2) is 27.6 Å². The van der Waals surface area contributed by atoms with E-state index in [1.807, 2.05) is 0 Å². The van der Waals surface area contributed by atoms with Crippen molar-refractivity contribution in [3.8, 4) is 0 Å². The van der Waals surface area contributed by atoms with Gasteiger partial charge in [0, 0.05) is 24.2 Å². The normalized spacial score (nSPS) is 18.2. The summed E-state index contributed by atoms with van der Waals surface area (Å²) in [5, 5.41) is 0. The van der Waals surface area contributed by atoms with Crippen LogP contribution < -0.4 is 0 Å². The molecule has 0 aromatic carbocycles. The van der Waals surface area contributed by atoms with Crippen molar-refractivity contribution in [3.05, 3.63) is 0 Å². The Morgan fingerprint density at radius 1 is 1.31 bits per heavy atom. The Morgan fingerprint density at radius 2 is 1.92 bits per heavy atom. The zero-order valence-corrected chi connectivity index (χ0v) is 11.1. The van der Waals surface area contributed by atoms with Crippen LogP contribution in [0.5, 0.6) is 0 Å². The molecule has 0 N–H and O–H groups in total. The van der Waals surface area contributed by atoms with Crippen LogP contribution in [0, 0.1) is 0 Å². The molecular formula is C8H18O2S3. The van der Waals surface area contributed by atoms with Crippen LogP contribution in [0.2, 0.25) is 0 Å². The molecule has 0 unspecified atom stereocenters. The number of hydrogen-bond donors (Lipinski definition) is 0. The molecule has 0 radical (unpaired) electrons. The van der Waals surface area contributed by atoms with Gasteiger partial charge in [0.15, 0.2) is 0 Å². The van der Waals surface area contributed by atoms with Crippen molar-refractivity contribution < 1.29 is 8.95 Å². The first-order valence-electron chi connectivity index (χ1n) is 4.32. The first-order valence-corrected chi connectivity index (χ1v) is 8.22. The van der Waals surface area contributed by atoms with E-state index >= 15 is 0 Å². The average Bonchev–Trinajstić information content (AvgIpc) is 2.12. The molecule has 80 valence electrons. The molecule has 0 saturated carbocycles. The van der Waals surface area contributed by atoms with Crippen molar-refractivity contribution in [1.29, 1.82) is 0 Å². The topological polar surface area (TPSA) is 26.3 Å². The Kier molecular flexibility index (Phi) is 8.65. The van der Waals surface area contributed by atoms with Crippen LogP contribution in [0.4, 0.5) is 0 Å². The van der Waals surface area contributed by atoms with Gasteiger partial charge in [0.1, 0.15) is 5.44 Å². The maximum absolute atomic E-state index is 11.2. The van der Waals surface area contributed by atoms with Crippen molar-refractivity contribution in [2.24, 2.45) is 0 Å². The Bertz CT molecular complexity index is 148. The second-order valence-corrected chi connectivity index (χ2v) is 7.10. The predicted molar refractivity (Wildman–Crippen MR) is 64.4 cm³/mol. The van der Waals surface area contributed by atoms with E-state index in [-0.39, 0.29) is 10.0 Å². The van der Waals surface area contributed by atoms with Crippen molar-refractivity contribution in [2.75, 3.05) is 13.4 Å². The molecule has 0 rings (SSSR count). The van der Waals surface area contributed by atoms with Gasteiger partial charge in [0.05, 0.1) is 4.58 Å². The van der Waals surface area contributed by atoms with E-state index in [0.29, 0.717) is 0 Å². The molecule has 0 fully saturated rings. The fourth-order valence-corrected chi connectivity index (χ4v) is 5.47. The Balaban J connectivity index is 3.76. The minimum absolute atomic E-state index is 0.225. The first-order chi connectivity index (χ1) is 6.15. The third-order valence-electron chi connectivity index (χ3n) is 1.57. The molecule has 0 amide bonds. The molecular weight excluding hydrogens is 224 g/mol. The van der Waals surface area contributed by atoms with Gasteiger partial charge in [0.25, 0.3) is 0 Å². The number of rotatable bonds is 7. The molecule has 3 atom stereocenters. The minimum Gasteiger partial charge on any atom is -0.370 e. The second kappa shape index (κ2) is 8.15. The zero-order chi connectivity index (χ0) is 10.3. The van der Waals surface area contributed by atoms with Crippen LogP contribution in [0.1, 0.15) is 26.7 Å². The molecule has 0 bridgehead atoms. The highest BCUT2D eigenvalue weighted by Crippen LogP contribution is 2.35. The summed E-state index contributed by atoms with van der Waals surface area (Å²) in [6.07, 6.45) is 3.69. The fraction of sp³-hybridized carbons (Fsp3) is 1.00. The van der Waals surface area contributed by atoms with Crippen molar-refractivity contribution >= 4 is 32.4 Å². The molecule has 0 spiro atoms. The maximum atomic E-state index is 11.2. The third-order valence-corrected chi connectivity index (χ3v) is 7.18. The summed E-state index contributed by atoms with van der Waals surface area (Å²) in [4.78, 5) is 0. The van der Waals surface area contributed by atoms with Crippen LogP contribution in [0.15, 0.2) is 0 Å². The number of methoxy groups -OCH3 is 1. The van der Waals surface area contributed by atoms with E-state index in [9.17, 15) is 4.21 Å². The van der Waals surface area contributed by atoms with Gasteiger partial charge in [-0.1, -0.05) is 35.4 Å². The first kappa shape index (κ1) is 13.8. The molecule has 2 nitrogen and oxygen atoms in total. The van der Waals surface area contributed by atoms with E-state index < -0.39 is 10.8 Å². The second-order valence-electron chi connectivity index (χ2n) is 2.60. The summed E-state index contributed by atoms with van der Waals surface area (Å²) >= 11 is 0. The molecule has 5 heteroatoms. The predicted octanol–water partition coefficient (Wildman–Crippen LogP) is 2.86. The highest BCUT2D eigenvalue weighted by atomic mass is 33.1. The molecule has 0 aliphatic heterocycles. The number of ether oxygens (including phenoxy) is 1. The number of hydrogen-bond acceptors (Lipinski definition) is 4. The lowest BCUT2D eigenvalue weighted by atomic mass is 10.5. The molecule has 13 heavy (non-hydrogen) atoms. The molecule has 0 aliphatic carbocycles. The summed E-state index contributed by atoms with van der Waals surface area (Å²) in [5.41, 5.74) is 0.225. The quantitative estimate of drug-likeness (QED) is 0.506. The monoisotopic (exact) mass is 242 g/mol. The molecule has 0 aromatic heterocycles. The van der Waals surface area contributed by atoms with E-state index in [0.717, 1.165) is 12.8 Å². The summed E-state index contributed by atoms with van der Waals surface area (Å²) in [5.74, 6) is 0. The van der Waals surface area contributed by atoms with Gasteiger partial charge in [-0.3, -0.25) is 4.21 Å². The Morgan fingerprint density at radius 3 is 2.23 bits per heavy atom. The largest absolute Gasteiger partial charge is 0.370 e. The van der Waals surface area contributed by atoms with Gasteiger partial charge in [-0.15, -0.1) is 0 Å². The molecule has 0 aromatic rings. The average molecular weight is 242 g/mol. The van der Waals surface area contributed by atoms with E-state index in [4.69, 9.17) is 4.74 Å². The lowest BCUT2D eigenvalue weighted by Gasteiger charge is -2.15. The lowest BCUT2D eigenvalue weighted by molar-refractivity contribution is 0.171. The van der Waals surface area contributed by atoms with Crippen LogP contribution in [0.25, 0.3) is 0 Å². The van der Waals surface area contributed by atoms with Crippen molar-refractivity contribution in [3.63, 3.8) is 0 Å². The molecule has 0 saturated heterocycles. The standard InChI is InChI=1S/C8H18O2S3/c1-5-7(10-3)11-12-8(6-2)13(4)9/h7-8H,5-6H2,1-4H3/t7-,8+,13+/m0/s1. The third kappa shape index (κ3) is 5.99. The Labute approximate surface area is 91.4 Å². The van der Waals surface area contributed by atoms with E-state index in [1.54, 1.807) is 35.0 Å². The summed E-state index contributed by atoms with van der Waals surface area (Å²) in [7, 11) is 4.34. The van der Waals surface area contributed by atoms with Gasteiger partial charge in [-0.05, 0) is 12.8 Å². The van der Waals surface area contributed by atoms with Crippen LogP contribution in [-0.2, 0) is 15.5 Å². The SMILES string of the molecule is CC[C@H](SS[C@@H](CC)OC)[S@@](C)=O. The minimum atomic E-state index is -0.737. The summed E-state index contributed by atoms with van der Waals surface area (Å²) in [6, 6.07) is 0. The van der Waals surface area contributed by atoms with Crippen molar-refractivity contribution in [1.82, 2.24) is 0 Å². The molecule has 0 heterocycles. The highest BCUT2D eigenvalue weighted by molar-refractivity contribution is 8.78. The summed E-state index contributed by atoms with van der Waals surface area (Å²) < 4.78 is 16.6. The van der Waals surface area contributed by atoms with Gasteiger partial charge in [-0.2, -0.15) is 0 Å².